The van der Waals surface area contributed by atoms with E-state index in [2.05, 4.69) is 0 Å². The summed E-state index contributed by atoms with van der Waals surface area (Å²) < 4.78 is 11.8. The van der Waals surface area contributed by atoms with Crippen LogP contribution in [0.15, 0.2) is 0 Å². The van der Waals surface area contributed by atoms with Gasteiger partial charge in [-0.05, 0) is 6.90 Å². The Kier molecular flexibility index (Phi) is 5.46. The molecule has 0 fully saturated rings. The van der Waals surface area contributed by atoms with Gasteiger partial charge in [0.1, 0.15) is 11.6 Å². The lowest BCUT2D eigenvalue weighted by Gasteiger charge is -2.00. The van der Waals surface area contributed by atoms with Gasteiger partial charge in [-0.1, -0.05) is 6.92 Å². The molecule has 0 rings (SSSR count). The Morgan fingerprint density at radius 1 is 1.33 bits per heavy atom. The Balaban J connectivity index is 3.17. The number of Topliss-reactive ketones (excluding diaryl/α,β-unsaturated/α-hetero) is 2. The molecule has 0 aliphatic heterocycles. The first-order chi connectivity index (χ1) is 6.20. The van der Waals surface area contributed by atoms with Gasteiger partial charge in [0.05, 0.1) is 13.2 Å². The number of rotatable bonds is 7. The van der Waals surface area contributed by atoms with E-state index >= 15 is 0 Å². The van der Waals surface area contributed by atoms with E-state index in [1.807, 2.05) is 6.92 Å². The second-order valence-corrected chi connectivity index (χ2v) is 2.54. The zero-order valence-electron chi connectivity index (χ0n) is 8.47. The molecule has 0 aliphatic carbocycles. The third kappa shape index (κ3) is 7.41. The van der Waals surface area contributed by atoms with Crippen LogP contribution in [0.25, 0.3) is 0 Å². The Bertz CT molecular complexity index is 150. The quantitative estimate of drug-likeness (QED) is 0.547. The summed E-state index contributed by atoms with van der Waals surface area (Å²) in [5.41, 5.74) is 0. The van der Waals surface area contributed by atoms with Crippen molar-refractivity contribution in [3.05, 3.63) is 0 Å². The predicted octanol–water partition coefficient (Wildman–Crippen LogP) is 1.35. The van der Waals surface area contributed by atoms with Crippen LogP contribution in [-0.2, 0) is 14.3 Å². The fourth-order valence-electron chi connectivity index (χ4n) is 0.651. The highest BCUT2D eigenvalue weighted by Crippen LogP contribution is 1.91. The van der Waals surface area contributed by atoms with E-state index in [9.17, 15) is 9.59 Å². The Labute approximate surface area is 74.5 Å². The van der Waals surface area contributed by atoms with E-state index in [1.165, 1.54) is 0 Å². The number of ketones is 2. The van der Waals surface area contributed by atoms with Crippen molar-refractivity contribution in [2.45, 2.75) is 33.1 Å². The minimum absolute atomic E-state index is 0.123. The summed E-state index contributed by atoms with van der Waals surface area (Å²) in [6.07, 6.45) is 1.24. The van der Waals surface area contributed by atoms with Crippen molar-refractivity contribution in [3.8, 4) is 0 Å². The molecule has 0 aromatic rings. The predicted molar refractivity (Wildman–Crippen MR) is 46.0 cm³/mol. The van der Waals surface area contributed by atoms with Gasteiger partial charge in [-0.25, -0.2) is 0 Å². The summed E-state index contributed by atoms with van der Waals surface area (Å²) >= 11 is 0. The van der Waals surface area contributed by atoms with Gasteiger partial charge < -0.3 is 4.74 Å². The molecule has 0 radical (unpaired) electrons. The molecule has 0 heterocycles. The average molecular weight is 174 g/mol. The van der Waals surface area contributed by atoms with Crippen LogP contribution < -0.4 is 0 Å². The van der Waals surface area contributed by atoms with Gasteiger partial charge in [0, 0.05) is 20.6 Å². The van der Waals surface area contributed by atoms with Gasteiger partial charge in [0.15, 0.2) is 0 Å². The molecular weight excluding hydrogens is 156 g/mol. The van der Waals surface area contributed by atoms with Crippen molar-refractivity contribution in [2.24, 2.45) is 0 Å². The van der Waals surface area contributed by atoms with E-state index in [-0.39, 0.29) is 24.9 Å². The van der Waals surface area contributed by atoms with E-state index in [4.69, 9.17) is 6.11 Å². The van der Waals surface area contributed by atoms with Crippen LogP contribution in [0.2, 0.25) is 0 Å². The minimum Gasteiger partial charge on any atom is -0.381 e. The summed E-state index contributed by atoms with van der Waals surface area (Å²) in [6.45, 7) is 2.34. The molecule has 12 heavy (non-hydrogen) atoms. The van der Waals surface area contributed by atoms with E-state index < -0.39 is 0 Å². The lowest BCUT2D eigenvalue weighted by atomic mass is 10.2. The molecular formula is C9H16O3. The van der Waals surface area contributed by atoms with Crippen molar-refractivity contribution in [3.63, 3.8) is 0 Å². The highest BCUT2D eigenvalue weighted by Gasteiger charge is 1.98. The number of carbonyl (C=O) groups excluding carboxylic acids is 2. The first kappa shape index (κ1) is 9.39. The summed E-state index contributed by atoms with van der Waals surface area (Å²) in [4.78, 5) is 21.4. The number of ether oxygens (including phenoxy) is 1. The average Bonchev–Trinajstić information content (AvgIpc) is 2.16. The van der Waals surface area contributed by atoms with Crippen LogP contribution in [0.5, 0.6) is 0 Å². The maximum Gasteiger partial charge on any atom is 0.134 e. The van der Waals surface area contributed by atoms with Crippen LogP contribution in [0.1, 0.15) is 34.5 Å². The lowest BCUT2D eigenvalue weighted by molar-refractivity contribution is -0.120. The van der Waals surface area contributed by atoms with E-state index in [0.29, 0.717) is 26.1 Å². The monoisotopic (exact) mass is 174 g/mol. The molecule has 0 aromatic heterocycles. The molecule has 3 heteroatoms. The van der Waals surface area contributed by atoms with Crippen molar-refractivity contribution >= 4 is 11.6 Å². The van der Waals surface area contributed by atoms with Gasteiger partial charge in [-0.2, -0.15) is 0 Å². The largest absolute Gasteiger partial charge is 0.381 e. The first-order valence-corrected chi connectivity index (χ1v) is 4.11. The fraction of sp³-hybridized carbons (Fsp3) is 0.778. The molecule has 0 unspecified atom stereocenters. The van der Waals surface area contributed by atoms with Gasteiger partial charge >= 0.3 is 0 Å². The smallest absolute Gasteiger partial charge is 0.134 e. The minimum atomic E-state index is -0.183. The Morgan fingerprint density at radius 2 is 2.00 bits per heavy atom. The molecule has 0 atom stereocenters. The number of carbonyl (C=O) groups is 2. The highest BCUT2D eigenvalue weighted by molar-refractivity contribution is 5.78. The van der Waals surface area contributed by atoms with Crippen molar-refractivity contribution in [2.75, 3.05) is 13.2 Å². The third-order valence-corrected chi connectivity index (χ3v) is 1.44. The SMILES string of the molecule is [3H]CC(=O)CCOCCC(=O)CC. The van der Waals surface area contributed by atoms with E-state index in [1.54, 1.807) is 0 Å². The van der Waals surface area contributed by atoms with Crippen molar-refractivity contribution < 1.29 is 15.7 Å². The lowest BCUT2D eigenvalue weighted by Crippen LogP contribution is -2.05. The normalized spacial score (nSPS) is 10.9. The van der Waals surface area contributed by atoms with Gasteiger partial charge in [0.2, 0.25) is 0 Å². The molecule has 0 saturated heterocycles. The topological polar surface area (TPSA) is 43.4 Å². The standard InChI is InChI=1S/C9H16O3/c1-3-9(11)5-7-12-6-4-8(2)10/h3-7H2,1-2H3/i2T. The second kappa shape index (κ2) is 6.98. The molecule has 70 valence electrons. The van der Waals surface area contributed by atoms with Crippen LogP contribution >= 0.6 is 0 Å². The van der Waals surface area contributed by atoms with Crippen LogP contribution in [0.3, 0.4) is 0 Å². The molecule has 0 aliphatic rings. The second-order valence-electron chi connectivity index (χ2n) is 2.54. The maximum atomic E-state index is 10.8. The van der Waals surface area contributed by atoms with Gasteiger partial charge in [-0.15, -0.1) is 0 Å². The summed E-state index contributed by atoms with van der Waals surface area (Å²) in [5.74, 6) is 0.0497. The summed E-state index contributed by atoms with van der Waals surface area (Å²) in [5, 5.41) is 0. The molecule has 0 aromatic carbocycles. The Hall–Kier alpha value is -0.700. The molecule has 3 nitrogen and oxygen atoms in total. The zero-order valence-corrected chi connectivity index (χ0v) is 7.47. The number of hydrogen-bond donors (Lipinski definition) is 0. The fourth-order valence-corrected chi connectivity index (χ4v) is 0.651. The zero-order chi connectivity index (χ0) is 10.1. The van der Waals surface area contributed by atoms with Crippen molar-refractivity contribution in [1.82, 2.24) is 0 Å². The Morgan fingerprint density at radius 3 is 2.58 bits per heavy atom. The van der Waals surface area contributed by atoms with Gasteiger partial charge in [0.25, 0.3) is 0 Å². The van der Waals surface area contributed by atoms with Gasteiger partial charge in [-0.3, -0.25) is 9.59 Å². The maximum absolute atomic E-state index is 10.8. The van der Waals surface area contributed by atoms with E-state index in [0.717, 1.165) is 0 Å². The first-order valence-electron chi connectivity index (χ1n) is 4.81. The summed E-state index contributed by atoms with van der Waals surface area (Å²) in [6, 6.07) is 0. The molecule has 0 saturated carbocycles. The van der Waals surface area contributed by atoms with Crippen LogP contribution in [-0.4, -0.2) is 24.8 Å². The molecule has 0 bridgehead atoms. The highest BCUT2D eigenvalue weighted by atomic mass is 16.5. The van der Waals surface area contributed by atoms with Crippen molar-refractivity contribution in [1.29, 1.82) is 0 Å². The molecule has 0 spiro atoms. The van der Waals surface area contributed by atoms with Crippen LogP contribution in [0, 0.1) is 0 Å². The third-order valence-electron chi connectivity index (χ3n) is 1.44. The molecule has 0 amide bonds. The van der Waals surface area contributed by atoms with Crippen LogP contribution in [0.4, 0.5) is 0 Å². The number of hydrogen-bond acceptors (Lipinski definition) is 3. The molecule has 0 N–H and O–H groups in total. The summed E-state index contributed by atoms with van der Waals surface area (Å²) in [7, 11) is 0.